The van der Waals surface area contributed by atoms with Gasteiger partial charge >= 0.3 is 0 Å². The van der Waals surface area contributed by atoms with Crippen molar-refractivity contribution in [1.29, 1.82) is 0 Å². The van der Waals surface area contributed by atoms with Crippen molar-refractivity contribution in [2.75, 3.05) is 6.26 Å². The smallest absolute Gasteiger partial charge is 0.190 e. The Labute approximate surface area is 77.0 Å². The summed E-state index contributed by atoms with van der Waals surface area (Å²) in [7, 11) is 0. The van der Waals surface area contributed by atoms with E-state index in [1.807, 2.05) is 6.26 Å². The topological polar surface area (TPSA) is 38.7 Å². The third-order valence-corrected chi connectivity index (χ3v) is 2.07. The maximum atomic E-state index is 4.28. The Morgan fingerprint density at radius 1 is 1.00 bits per heavy atom. The molecule has 0 spiro atoms. The van der Waals surface area contributed by atoms with Crippen molar-refractivity contribution in [1.82, 2.24) is 15.0 Å². The summed E-state index contributed by atoms with van der Waals surface area (Å²) in [5.74, 6) is 1.79. The molecule has 12 heavy (non-hydrogen) atoms. The second kappa shape index (κ2) is 4.40. The molecule has 0 atom stereocenters. The lowest BCUT2D eigenvalue weighted by atomic mass is 10.4. The molecule has 0 aliphatic carbocycles. The zero-order chi connectivity index (χ0) is 8.97. The highest BCUT2D eigenvalue weighted by Gasteiger charge is 2.01. The van der Waals surface area contributed by atoms with Gasteiger partial charge in [-0.15, -0.1) is 0 Å². The van der Waals surface area contributed by atoms with E-state index in [-0.39, 0.29) is 0 Å². The number of hydrogen-bond donors (Lipinski definition) is 0. The molecular formula is C8H13N3S. The molecule has 1 rings (SSSR count). The Kier molecular flexibility index (Phi) is 3.47. The molecule has 66 valence electrons. The first-order chi connectivity index (χ1) is 5.80. The molecule has 0 radical (unpaired) electrons. The summed E-state index contributed by atoms with van der Waals surface area (Å²) in [6, 6.07) is 0. The van der Waals surface area contributed by atoms with Gasteiger partial charge in [-0.1, -0.05) is 25.6 Å². The Bertz CT molecular complexity index is 207. The minimum Gasteiger partial charge on any atom is -0.218 e. The Morgan fingerprint density at radius 3 is 1.83 bits per heavy atom. The fourth-order valence-electron chi connectivity index (χ4n) is 0.852. The van der Waals surface area contributed by atoms with Gasteiger partial charge in [-0.05, 0) is 6.26 Å². The van der Waals surface area contributed by atoms with Crippen molar-refractivity contribution >= 4 is 11.8 Å². The van der Waals surface area contributed by atoms with E-state index < -0.39 is 0 Å². The number of rotatable bonds is 3. The fourth-order valence-corrected chi connectivity index (χ4v) is 1.25. The number of thioether (sulfide) groups is 1. The third-order valence-electron chi connectivity index (χ3n) is 1.52. The SMILES string of the molecule is CCc1nc(CC)nc(SC)n1. The average molecular weight is 183 g/mol. The zero-order valence-corrected chi connectivity index (χ0v) is 8.48. The molecule has 1 aromatic rings. The van der Waals surface area contributed by atoms with Gasteiger partial charge in [0.15, 0.2) is 5.16 Å². The van der Waals surface area contributed by atoms with Crippen LogP contribution < -0.4 is 0 Å². The third kappa shape index (κ3) is 2.17. The number of nitrogens with zero attached hydrogens (tertiary/aromatic N) is 3. The van der Waals surface area contributed by atoms with Crippen LogP contribution in [-0.4, -0.2) is 21.2 Å². The summed E-state index contributed by atoms with van der Waals surface area (Å²) in [4.78, 5) is 12.8. The summed E-state index contributed by atoms with van der Waals surface area (Å²) in [5.41, 5.74) is 0. The summed E-state index contributed by atoms with van der Waals surface area (Å²) in [6.07, 6.45) is 3.74. The molecule has 0 unspecified atom stereocenters. The standard InChI is InChI=1S/C8H13N3S/c1-4-6-9-7(5-2)11-8(10-6)12-3/h4-5H2,1-3H3. The van der Waals surface area contributed by atoms with E-state index in [1.165, 1.54) is 0 Å². The van der Waals surface area contributed by atoms with E-state index in [9.17, 15) is 0 Å². The first-order valence-electron chi connectivity index (χ1n) is 4.08. The van der Waals surface area contributed by atoms with Gasteiger partial charge in [-0.2, -0.15) is 0 Å². The normalized spacial score (nSPS) is 10.2. The van der Waals surface area contributed by atoms with Crippen LogP contribution >= 0.6 is 11.8 Å². The molecule has 0 bridgehead atoms. The van der Waals surface area contributed by atoms with Crippen LogP contribution in [0.1, 0.15) is 25.5 Å². The van der Waals surface area contributed by atoms with Gasteiger partial charge in [0.2, 0.25) is 0 Å². The van der Waals surface area contributed by atoms with Gasteiger partial charge in [-0.3, -0.25) is 0 Å². The first kappa shape index (κ1) is 9.45. The molecule has 0 amide bonds. The molecule has 0 aliphatic heterocycles. The lowest BCUT2D eigenvalue weighted by Crippen LogP contribution is -2.02. The van der Waals surface area contributed by atoms with Crippen molar-refractivity contribution in [2.24, 2.45) is 0 Å². The fraction of sp³-hybridized carbons (Fsp3) is 0.625. The van der Waals surface area contributed by atoms with E-state index in [4.69, 9.17) is 0 Å². The molecule has 0 fully saturated rings. The molecule has 4 heteroatoms. The highest BCUT2D eigenvalue weighted by Crippen LogP contribution is 2.08. The van der Waals surface area contributed by atoms with Crippen LogP contribution in [0.3, 0.4) is 0 Å². The highest BCUT2D eigenvalue weighted by atomic mass is 32.2. The average Bonchev–Trinajstić information content (AvgIpc) is 2.16. The van der Waals surface area contributed by atoms with E-state index >= 15 is 0 Å². The molecule has 0 aliphatic rings. The van der Waals surface area contributed by atoms with Crippen LogP contribution in [0.15, 0.2) is 5.16 Å². The van der Waals surface area contributed by atoms with Crippen molar-refractivity contribution in [3.63, 3.8) is 0 Å². The number of hydrogen-bond acceptors (Lipinski definition) is 4. The van der Waals surface area contributed by atoms with E-state index in [0.29, 0.717) is 0 Å². The van der Waals surface area contributed by atoms with Crippen LogP contribution in [0.4, 0.5) is 0 Å². The summed E-state index contributed by atoms with van der Waals surface area (Å²) < 4.78 is 0. The minimum atomic E-state index is 0.832. The second-order valence-corrected chi connectivity index (χ2v) is 3.14. The Hall–Kier alpha value is -0.640. The largest absolute Gasteiger partial charge is 0.218 e. The van der Waals surface area contributed by atoms with Gasteiger partial charge < -0.3 is 0 Å². The lowest BCUT2D eigenvalue weighted by molar-refractivity contribution is 0.757. The lowest BCUT2D eigenvalue weighted by Gasteiger charge is -2.01. The maximum Gasteiger partial charge on any atom is 0.190 e. The summed E-state index contributed by atoms with van der Waals surface area (Å²) in [6.45, 7) is 4.11. The van der Waals surface area contributed by atoms with Crippen LogP contribution in [0.25, 0.3) is 0 Å². The molecule has 0 saturated carbocycles. The maximum absolute atomic E-state index is 4.28. The minimum absolute atomic E-state index is 0.832. The van der Waals surface area contributed by atoms with Crippen LogP contribution in [0.2, 0.25) is 0 Å². The number of aryl methyl sites for hydroxylation is 2. The van der Waals surface area contributed by atoms with E-state index in [2.05, 4.69) is 28.8 Å². The molecule has 0 N–H and O–H groups in total. The molecular weight excluding hydrogens is 170 g/mol. The van der Waals surface area contributed by atoms with Crippen molar-refractivity contribution < 1.29 is 0 Å². The van der Waals surface area contributed by atoms with Crippen molar-refractivity contribution in [3.8, 4) is 0 Å². The predicted octanol–water partition coefficient (Wildman–Crippen LogP) is 1.72. The van der Waals surface area contributed by atoms with Gasteiger partial charge in [0.1, 0.15) is 11.6 Å². The van der Waals surface area contributed by atoms with Gasteiger partial charge in [0.25, 0.3) is 0 Å². The van der Waals surface area contributed by atoms with Crippen molar-refractivity contribution in [3.05, 3.63) is 11.6 Å². The van der Waals surface area contributed by atoms with E-state index in [0.717, 1.165) is 29.6 Å². The number of aromatic nitrogens is 3. The Balaban J connectivity index is 3.01. The van der Waals surface area contributed by atoms with Gasteiger partial charge in [0.05, 0.1) is 0 Å². The Morgan fingerprint density at radius 2 is 1.50 bits per heavy atom. The molecule has 0 aromatic carbocycles. The zero-order valence-electron chi connectivity index (χ0n) is 7.66. The molecule has 0 saturated heterocycles. The van der Waals surface area contributed by atoms with Crippen LogP contribution in [0.5, 0.6) is 0 Å². The van der Waals surface area contributed by atoms with Crippen molar-refractivity contribution in [2.45, 2.75) is 31.8 Å². The summed E-state index contributed by atoms with van der Waals surface area (Å²) in [5, 5.41) is 0.832. The quantitative estimate of drug-likeness (QED) is 0.669. The van der Waals surface area contributed by atoms with Gasteiger partial charge in [0, 0.05) is 12.8 Å². The monoisotopic (exact) mass is 183 g/mol. The first-order valence-corrected chi connectivity index (χ1v) is 5.30. The van der Waals surface area contributed by atoms with E-state index in [1.54, 1.807) is 11.8 Å². The molecule has 1 aromatic heterocycles. The van der Waals surface area contributed by atoms with Gasteiger partial charge in [-0.25, -0.2) is 15.0 Å². The predicted molar refractivity (Wildman–Crippen MR) is 50.4 cm³/mol. The summed E-state index contributed by atoms with van der Waals surface area (Å²) >= 11 is 1.57. The molecule has 1 heterocycles. The second-order valence-electron chi connectivity index (χ2n) is 2.36. The van der Waals surface area contributed by atoms with Crippen LogP contribution in [0, 0.1) is 0 Å². The highest BCUT2D eigenvalue weighted by molar-refractivity contribution is 7.98. The van der Waals surface area contributed by atoms with Crippen LogP contribution in [-0.2, 0) is 12.8 Å². The molecule has 3 nitrogen and oxygen atoms in total.